The summed E-state index contributed by atoms with van der Waals surface area (Å²) in [7, 11) is 0. The summed E-state index contributed by atoms with van der Waals surface area (Å²) < 4.78 is 0. The molecule has 0 spiro atoms. The molecule has 0 aliphatic carbocycles. The maximum Gasteiger partial charge on any atom is 0.216 e. The first kappa shape index (κ1) is 20.2. The van der Waals surface area contributed by atoms with Crippen LogP contribution >= 0.6 is 0 Å². The SMILES string of the molecule is CC(=O)NCCc1ccc(C(=NN)c2ccc(CCNC(C)=O)cc2)cc1. The molecule has 0 fully saturated rings. The van der Waals surface area contributed by atoms with E-state index in [1.165, 1.54) is 13.8 Å². The highest BCUT2D eigenvalue weighted by Crippen LogP contribution is 2.14. The largest absolute Gasteiger partial charge is 0.356 e. The van der Waals surface area contributed by atoms with Crippen LogP contribution in [-0.2, 0) is 22.4 Å². The number of carbonyl (C=O) groups is 2. The highest BCUT2D eigenvalue weighted by atomic mass is 16.1. The predicted octanol–water partition coefficient (Wildman–Crippen LogP) is 1.75. The van der Waals surface area contributed by atoms with Crippen molar-refractivity contribution in [2.24, 2.45) is 10.9 Å². The first-order valence-corrected chi connectivity index (χ1v) is 8.95. The lowest BCUT2D eigenvalue weighted by Gasteiger charge is -2.09. The van der Waals surface area contributed by atoms with E-state index >= 15 is 0 Å². The van der Waals surface area contributed by atoms with E-state index in [1.54, 1.807) is 0 Å². The van der Waals surface area contributed by atoms with Crippen LogP contribution in [0.25, 0.3) is 0 Å². The van der Waals surface area contributed by atoms with Crippen molar-refractivity contribution < 1.29 is 9.59 Å². The Kier molecular flexibility index (Phi) is 7.55. The van der Waals surface area contributed by atoms with Crippen LogP contribution in [0.4, 0.5) is 0 Å². The summed E-state index contributed by atoms with van der Waals surface area (Å²) in [6, 6.07) is 16.0. The van der Waals surface area contributed by atoms with Gasteiger partial charge in [0.2, 0.25) is 11.8 Å². The van der Waals surface area contributed by atoms with Crippen LogP contribution in [0, 0.1) is 0 Å². The van der Waals surface area contributed by atoms with Crippen LogP contribution in [0.3, 0.4) is 0 Å². The Bertz CT molecular complexity index is 730. The molecule has 6 nitrogen and oxygen atoms in total. The zero-order valence-corrected chi connectivity index (χ0v) is 15.8. The average molecular weight is 366 g/mol. The fourth-order valence-electron chi connectivity index (χ4n) is 2.74. The number of hydrogen-bond acceptors (Lipinski definition) is 4. The molecule has 0 aromatic heterocycles. The average Bonchev–Trinajstić information content (AvgIpc) is 2.64. The van der Waals surface area contributed by atoms with Crippen molar-refractivity contribution >= 4 is 17.5 Å². The van der Waals surface area contributed by atoms with E-state index in [2.05, 4.69) is 15.7 Å². The van der Waals surface area contributed by atoms with Gasteiger partial charge >= 0.3 is 0 Å². The number of amides is 2. The smallest absolute Gasteiger partial charge is 0.216 e. The van der Waals surface area contributed by atoms with Crippen LogP contribution in [0.15, 0.2) is 53.6 Å². The Morgan fingerprint density at radius 2 is 1.15 bits per heavy atom. The summed E-state index contributed by atoms with van der Waals surface area (Å²) in [5, 5.41) is 9.54. The van der Waals surface area contributed by atoms with Crippen LogP contribution < -0.4 is 16.5 Å². The molecule has 6 heteroatoms. The molecule has 0 bridgehead atoms. The van der Waals surface area contributed by atoms with E-state index in [9.17, 15) is 9.59 Å². The normalized spacial score (nSPS) is 10.1. The van der Waals surface area contributed by atoms with Gasteiger partial charge in [-0.15, -0.1) is 0 Å². The zero-order valence-electron chi connectivity index (χ0n) is 15.8. The van der Waals surface area contributed by atoms with E-state index in [1.807, 2.05) is 48.5 Å². The molecule has 0 saturated heterocycles. The molecular weight excluding hydrogens is 340 g/mol. The molecule has 2 rings (SSSR count). The van der Waals surface area contributed by atoms with Gasteiger partial charge in [-0.1, -0.05) is 48.5 Å². The lowest BCUT2D eigenvalue weighted by molar-refractivity contribution is -0.119. The van der Waals surface area contributed by atoms with Crippen LogP contribution in [0.2, 0.25) is 0 Å². The van der Waals surface area contributed by atoms with Crippen LogP contribution in [0.1, 0.15) is 36.1 Å². The number of rotatable bonds is 8. The molecule has 0 aliphatic heterocycles. The molecule has 0 radical (unpaired) electrons. The third kappa shape index (κ3) is 6.58. The minimum Gasteiger partial charge on any atom is -0.356 e. The third-order valence-electron chi connectivity index (χ3n) is 4.16. The number of nitrogens with zero attached hydrogens (tertiary/aromatic N) is 1. The van der Waals surface area contributed by atoms with E-state index in [0.29, 0.717) is 13.1 Å². The monoisotopic (exact) mass is 366 g/mol. The standard InChI is InChI=1S/C21H26N4O2/c1-15(26)23-13-11-17-3-7-19(8-4-17)21(25-22)20-9-5-18(6-10-20)12-14-24-16(2)27/h3-10H,11-14,22H2,1-2H3,(H,23,26)(H,24,27). The summed E-state index contributed by atoms with van der Waals surface area (Å²) >= 11 is 0. The summed E-state index contributed by atoms with van der Waals surface area (Å²) in [4.78, 5) is 21.9. The molecule has 4 N–H and O–H groups in total. The molecular formula is C21H26N4O2. The van der Waals surface area contributed by atoms with Gasteiger partial charge in [0, 0.05) is 38.1 Å². The maximum absolute atomic E-state index is 10.9. The number of nitrogens with two attached hydrogens (primary N) is 1. The predicted molar refractivity (Wildman–Crippen MR) is 107 cm³/mol. The van der Waals surface area contributed by atoms with E-state index in [4.69, 9.17) is 5.84 Å². The van der Waals surface area contributed by atoms with Crippen molar-refractivity contribution in [3.8, 4) is 0 Å². The third-order valence-corrected chi connectivity index (χ3v) is 4.16. The van der Waals surface area contributed by atoms with Gasteiger partial charge < -0.3 is 16.5 Å². The van der Waals surface area contributed by atoms with Gasteiger partial charge in [0.25, 0.3) is 0 Å². The first-order valence-electron chi connectivity index (χ1n) is 8.95. The van der Waals surface area contributed by atoms with Crippen molar-refractivity contribution in [1.82, 2.24) is 10.6 Å². The quantitative estimate of drug-likeness (QED) is 0.377. The highest BCUT2D eigenvalue weighted by Gasteiger charge is 2.07. The number of carbonyl (C=O) groups excluding carboxylic acids is 2. The summed E-state index contributed by atoms with van der Waals surface area (Å²) in [6.07, 6.45) is 1.55. The Morgan fingerprint density at radius 3 is 1.44 bits per heavy atom. The van der Waals surface area contributed by atoms with E-state index in [0.717, 1.165) is 40.8 Å². The number of hydrazone groups is 1. The number of nitrogens with one attached hydrogen (secondary N) is 2. The second-order valence-corrected chi connectivity index (χ2v) is 6.34. The fourth-order valence-corrected chi connectivity index (χ4v) is 2.74. The van der Waals surface area contributed by atoms with Gasteiger partial charge in [0.1, 0.15) is 0 Å². The molecule has 2 amide bonds. The molecule has 27 heavy (non-hydrogen) atoms. The summed E-state index contributed by atoms with van der Waals surface area (Å²) in [5.74, 6) is 5.59. The highest BCUT2D eigenvalue weighted by molar-refractivity contribution is 6.12. The van der Waals surface area contributed by atoms with Gasteiger partial charge in [-0.3, -0.25) is 9.59 Å². The maximum atomic E-state index is 10.9. The zero-order chi connectivity index (χ0) is 19.6. The number of hydrogen-bond donors (Lipinski definition) is 3. The second-order valence-electron chi connectivity index (χ2n) is 6.34. The Morgan fingerprint density at radius 1 is 0.778 bits per heavy atom. The number of benzene rings is 2. The molecule has 0 saturated carbocycles. The minimum absolute atomic E-state index is 0.0234. The second kappa shape index (κ2) is 10.1. The van der Waals surface area contributed by atoms with Gasteiger partial charge in [0.15, 0.2) is 0 Å². The molecule has 142 valence electrons. The van der Waals surface area contributed by atoms with Gasteiger partial charge in [-0.2, -0.15) is 5.10 Å². The van der Waals surface area contributed by atoms with E-state index < -0.39 is 0 Å². The lowest BCUT2D eigenvalue weighted by Crippen LogP contribution is -2.22. The Balaban J connectivity index is 2.01. The molecule has 2 aromatic carbocycles. The Labute approximate surface area is 159 Å². The first-order chi connectivity index (χ1) is 13.0. The van der Waals surface area contributed by atoms with Gasteiger partial charge in [-0.25, -0.2) is 0 Å². The molecule has 0 aliphatic rings. The van der Waals surface area contributed by atoms with Crippen LogP contribution in [-0.4, -0.2) is 30.6 Å². The van der Waals surface area contributed by atoms with Crippen molar-refractivity contribution in [2.75, 3.05) is 13.1 Å². The van der Waals surface area contributed by atoms with Gasteiger partial charge in [0.05, 0.1) is 5.71 Å². The van der Waals surface area contributed by atoms with Gasteiger partial charge in [-0.05, 0) is 24.0 Å². The molecule has 0 atom stereocenters. The van der Waals surface area contributed by atoms with Crippen molar-refractivity contribution in [1.29, 1.82) is 0 Å². The Hall–Kier alpha value is -3.15. The molecule has 2 aromatic rings. The summed E-state index contributed by atoms with van der Waals surface area (Å²) in [6.45, 7) is 4.26. The molecule has 0 unspecified atom stereocenters. The minimum atomic E-state index is -0.0234. The topological polar surface area (TPSA) is 96.6 Å². The van der Waals surface area contributed by atoms with Crippen molar-refractivity contribution in [2.45, 2.75) is 26.7 Å². The fraction of sp³-hybridized carbons (Fsp3) is 0.286. The summed E-state index contributed by atoms with van der Waals surface area (Å²) in [5.41, 5.74) is 4.87. The lowest BCUT2D eigenvalue weighted by atomic mass is 9.99. The molecule has 0 heterocycles. The van der Waals surface area contributed by atoms with Crippen LogP contribution in [0.5, 0.6) is 0 Å². The van der Waals surface area contributed by atoms with E-state index in [-0.39, 0.29) is 11.8 Å². The van der Waals surface area contributed by atoms with Crippen molar-refractivity contribution in [3.05, 3.63) is 70.8 Å². The van der Waals surface area contributed by atoms with Crippen molar-refractivity contribution in [3.63, 3.8) is 0 Å².